The molecule has 2 aliphatic rings. The molecule has 3 heteroatoms. The quantitative estimate of drug-likeness (QED) is 0.401. The van der Waals surface area contributed by atoms with E-state index in [-0.39, 0.29) is 16.7 Å². The number of halogens is 2. The maximum absolute atomic E-state index is 15.1. The van der Waals surface area contributed by atoms with Gasteiger partial charge in [-0.15, -0.1) is 0 Å². The summed E-state index contributed by atoms with van der Waals surface area (Å²) in [6, 6.07) is 0. The second-order valence-electron chi connectivity index (χ2n) is 8.99. The molecule has 0 saturated carbocycles. The van der Waals surface area contributed by atoms with Crippen LogP contribution in [0.25, 0.3) is 0 Å². The summed E-state index contributed by atoms with van der Waals surface area (Å²) in [6.45, 7) is 12.0. The van der Waals surface area contributed by atoms with Crippen molar-refractivity contribution in [3.05, 3.63) is 71.1 Å². The van der Waals surface area contributed by atoms with Crippen LogP contribution in [-0.4, -0.2) is 6.11 Å². The highest BCUT2D eigenvalue weighted by Gasteiger charge is 2.38. The number of hydrogen-bond donors (Lipinski definition) is 0. The molecule has 0 N–H and O–H groups in total. The Hall–Kier alpha value is -1.90. The number of unbranched alkanes of at least 4 members (excludes halogenated alkanes) is 2. The van der Waals surface area contributed by atoms with Crippen LogP contribution in [0.15, 0.2) is 71.1 Å². The number of ether oxygens (including phenoxy) is 1. The van der Waals surface area contributed by atoms with Crippen molar-refractivity contribution in [2.45, 2.75) is 73.3 Å². The molecular weight excluding hydrogens is 354 g/mol. The van der Waals surface area contributed by atoms with Gasteiger partial charge in [0.05, 0.1) is 5.57 Å². The molecule has 0 spiro atoms. The Bertz CT molecular complexity index is 759. The summed E-state index contributed by atoms with van der Waals surface area (Å²) in [4.78, 5) is 0. The standard InChI is InChI=1S/C25H34F2O/c1-7-8-9-14-24(6)16-20(3)11-13-22(18-24)28-25(26,27)21-12-10-19(2)15-23(4,5)17-21/h10-13,15-18H,7-9,14H2,1-6H3. The summed E-state index contributed by atoms with van der Waals surface area (Å²) >= 11 is 0. The van der Waals surface area contributed by atoms with Crippen molar-refractivity contribution in [3.63, 3.8) is 0 Å². The van der Waals surface area contributed by atoms with E-state index in [2.05, 4.69) is 19.9 Å². The van der Waals surface area contributed by atoms with E-state index in [0.29, 0.717) is 0 Å². The third-order valence-electron chi connectivity index (χ3n) is 5.09. The fourth-order valence-corrected chi connectivity index (χ4v) is 3.89. The second-order valence-corrected chi connectivity index (χ2v) is 8.99. The summed E-state index contributed by atoms with van der Waals surface area (Å²) < 4.78 is 35.5. The number of allylic oxidation sites excluding steroid dienone is 9. The Morgan fingerprint density at radius 3 is 2.18 bits per heavy atom. The third kappa shape index (κ3) is 6.32. The van der Waals surface area contributed by atoms with Crippen molar-refractivity contribution in [1.82, 2.24) is 0 Å². The van der Waals surface area contributed by atoms with Gasteiger partial charge in [-0.2, -0.15) is 8.78 Å². The third-order valence-corrected chi connectivity index (χ3v) is 5.09. The maximum Gasteiger partial charge on any atom is 0.426 e. The molecule has 0 aromatic rings. The van der Waals surface area contributed by atoms with Gasteiger partial charge in [-0.05, 0) is 38.5 Å². The zero-order valence-electron chi connectivity index (χ0n) is 18.1. The molecule has 0 amide bonds. The van der Waals surface area contributed by atoms with Crippen LogP contribution < -0.4 is 0 Å². The first-order valence-electron chi connectivity index (χ1n) is 10.2. The molecule has 28 heavy (non-hydrogen) atoms. The Balaban J connectivity index is 2.29. The highest BCUT2D eigenvalue weighted by atomic mass is 19.3. The van der Waals surface area contributed by atoms with Crippen molar-refractivity contribution >= 4 is 0 Å². The number of alkyl halides is 2. The lowest BCUT2D eigenvalue weighted by atomic mass is 9.83. The summed E-state index contributed by atoms with van der Waals surface area (Å²) in [5, 5.41) is 0. The predicted octanol–water partition coefficient (Wildman–Crippen LogP) is 8.05. The van der Waals surface area contributed by atoms with Gasteiger partial charge in [0.15, 0.2) is 0 Å². The lowest BCUT2D eigenvalue weighted by Crippen LogP contribution is -2.24. The normalized spacial score (nSPS) is 24.6. The molecule has 0 aromatic heterocycles. The van der Waals surface area contributed by atoms with Crippen molar-refractivity contribution < 1.29 is 13.5 Å². The van der Waals surface area contributed by atoms with E-state index in [4.69, 9.17) is 4.74 Å². The van der Waals surface area contributed by atoms with Crippen molar-refractivity contribution in [2.24, 2.45) is 10.8 Å². The SMILES string of the molecule is CCCCCC1(C)C=C(C)C=CC(OC(F)(F)C2=CC(C)(C)C=C(C)C=C2)=C1. The molecule has 0 aliphatic heterocycles. The van der Waals surface area contributed by atoms with Crippen molar-refractivity contribution in [1.29, 1.82) is 0 Å². The van der Waals surface area contributed by atoms with E-state index in [1.165, 1.54) is 6.08 Å². The van der Waals surface area contributed by atoms with Crippen molar-refractivity contribution in [3.8, 4) is 0 Å². The number of hydrogen-bond acceptors (Lipinski definition) is 1. The molecule has 0 aromatic carbocycles. The number of rotatable bonds is 7. The van der Waals surface area contributed by atoms with Gasteiger partial charge in [0.1, 0.15) is 5.76 Å². The molecule has 0 bridgehead atoms. The summed E-state index contributed by atoms with van der Waals surface area (Å²) in [5.41, 5.74) is 1.16. The highest BCUT2D eigenvalue weighted by Crippen LogP contribution is 2.39. The second kappa shape index (κ2) is 8.63. The van der Waals surface area contributed by atoms with Crippen molar-refractivity contribution in [2.75, 3.05) is 0 Å². The van der Waals surface area contributed by atoms with E-state index in [1.54, 1.807) is 18.2 Å². The minimum Gasteiger partial charge on any atom is -0.429 e. The molecule has 1 atom stereocenters. The van der Waals surface area contributed by atoms with Gasteiger partial charge in [-0.1, -0.05) is 88.5 Å². The van der Waals surface area contributed by atoms with Crippen LogP contribution in [0.2, 0.25) is 0 Å². The van der Waals surface area contributed by atoms with Gasteiger partial charge in [-0.3, -0.25) is 0 Å². The topological polar surface area (TPSA) is 9.23 Å². The Labute approximate surface area is 169 Å². The monoisotopic (exact) mass is 388 g/mol. The molecule has 1 nitrogen and oxygen atoms in total. The molecule has 0 radical (unpaired) electrons. The molecule has 1 unspecified atom stereocenters. The van der Waals surface area contributed by atoms with Crippen LogP contribution in [0.5, 0.6) is 0 Å². The largest absolute Gasteiger partial charge is 0.429 e. The van der Waals surface area contributed by atoms with Gasteiger partial charge in [0.25, 0.3) is 0 Å². The van der Waals surface area contributed by atoms with E-state index >= 15 is 8.78 Å². The molecule has 0 fully saturated rings. The van der Waals surface area contributed by atoms with E-state index < -0.39 is 11.5 Å². The molecule has 2 rings (SSSR count). The van der Waals surface area contributed by atoms with E-state index in [9.17, 15) is 0 Å². The molecule has 154 valence electrons. The van der Waals surface area contributed by atoms with Gasteiger partial charge < -0.3 is 4.74 Å². The van der Waals surface area contributed by atoms with Crippen LogP contribution in [0.3, 0.4) is 0 Å². The summed E-state index contributed by atoms with van der Waals surface area (Å²) in [7, 11) is 0. The smallest absolute Gasteiger partial charge is 0.426 e. The molecule has 0 saturated heterocycles. The van der Waals surface area contributed by atoms with Gasteiger partial charge in [-0.25, -0.2) is 0 Å². The first kappa shape index (κ1) is 22.4. The first-order valence-corrected chi connectivity index (χ1v) is 10.2. The molecular formula is C25H34F2O. The average molecular weight is 389 g/mol. The minimum absolute atomic E-state index is 0.110. The van der Waals surface area contributed by atoms with Gasteiger partial charge in [0.2, 0.25) is 0 Å². The Kier molecular flexibility index (Phi) is 6.90. The van der Waals surface area contributed by atoms with Crippen LogP contribution in [-0.2, 0) is 4.74 Å². The zero-order valence-corrected chi connectivity index (χ0v) is 18.1. The lowest BCUT2D eigenvalue weighted by molar-refractivity contribution is -0.177. The molecule has 0 heterocycles. The highest BCUT2D eigenvalue weighted by molar-refractivity contribution is 5.39. The predicted molar refractivity (Wildman–Crippen MR) is 114 cm³/mol. The van der Waals surface area contributed by atoms with Crippen LogP contribution in [0.4, 0.5) is 8.78 Å². The maximum atomic E-state index is 15.1. The lowest BCUT2D eigenvalue weighted by Gasteiger charge is -2.26. The van der Waals surface area contributed by atoms with E-state index in [0.717, 1.165) is 36.8 Å². The van der Waals surface area contributed by atoms with Gasteiger partial charge in [0, 0.05) is 10.8 Å². The average Bonchev–Trinajstić information content (AvgIpc) is 2.78. The first-order chi connectivity index (χ1) is 12.9. The van der Waals surface area contributed by atoms with Crippen LogP contribution in [0, 0.1) is 10.8 Å². The fraction of sp³-hybridized carbons (Fsp3) is 0.520. The molecule has 2 aliphatic carbocycles. The Morgan fingerprint density at radius 1 is 0.857 bits per heavy atom. The summed E-state index contributed by atoms with van der Waals surface area (Å²) in [5.74, 6) is 0.220. The zero-order chi connectivity index (χ0) is 21.0. The van der Waals surface area contributed by atoms with Gasteiger partial charge >= 0.3 is 6.11 Å². The van der Waals surface area contributed by atoms with E-state index in [1.807, 2.05) is 45.9 Å². The minimum atomic E-state index is -3.40. The van der Waals surface area contributed by atoms with Crippen LogP contribution >= 0.6 is 0 Å². The summed E-state index contributed by atoms with van der Waals surface area (Å²) in [6.07, 6.45) is 15.1. The fourth-order valence-electron chi connectivity index (χ4n) is 3.89. The van der Waals surface area contributed by atoms with Crippen LogP contribution in [0.1, 0.15) is 67.2 Å². The Morgan fingerprint density at radius 2 is 1.50 bits per heavy atom.